The van der Waals surface area contributed by atoms with E-state index in [-0.39, 0.29) is 11.7 Å². The lowest BCUT2D eigenvalue weighted by atomic mass is 10.3. The van der Waals surface area contributed by atoms with Gasteiger partial charge in [-0.25, -0.2) is 0 Å². The number of hydrogen-bond acceptors (Lipinski definition) is 4. The Morgan fingerprint density at radius 2 is 1.81 bits per heavy atom. The van der Waals surface area contributed by atoms with E-state index >= 15 is 0 Å². The van der Waals surface area contributed by atoms with Crippen molar-refractivity contribution in [1.29, 1.82) is 0 Å². The number of rotatable bonds is 1. The van der Waals surface area contributed by atoms with Gasteiger partial charge in [-0.3, -0.25) is 13.9 Å². The standard InChI is InChI=1S/C8H9NO2.H2O4S/c1-6(10)9-7-3-2-4-8(11)5-7;1-5(2,3)4/h2-5,11H,1H3,(H,9,10);(H2,1,2,3,4). The Kier molecular flexibility index (Phi) is 5.43. The molecule has 0 bridgehead atoms. The number of aromatic hydroxyl groups is 1. The molecule has 8 heteroatoms. The molecule has 0 saturated carbocycles. The number of carbonyl (C=O) groups excluding carboxylic acids is 1. The molecular weight excluding hydrogens is 238 g/mol. The van der Waals surface area contributed by atoms with Gasteiger partial charge in [0.1, 0.15) is 5.75 Å². The van der Waals surface area contributed by atoms with Crippen LogP contribution in [0.3, 0.4) is 0 Å². The third-order valence-corrected chi connectivity index (χ3v) is 1.17. The smallest absolute Gasteiger partial charge is 0.394 e. The van der Waals surface area contributed by atoms with E-state index < -0.39 is 10.4 Å². The fourth-order valence-electron chi connectivity index (χ4n) is 0.787. The SMILES string of the molecule is CC(=O)Nc1cccc(O)c1.O=S(=O)(O)O. The molecule has 1 amide bonds. The minimum Gasteiger partial charge on any atom is -0.508 e. The van der Waals surface area contributed by atoms with Crippen molar-refractivity contribution in [2.45, 2.75) is 6.92 Å². The number of carbonyl (C=O) groups is 1. The third kappa shape index (κ3) is 10.4. The van der Waals surface area contributed by atoms with Crippen molar-refractivity contribution < 1.29 is 27.4 Å². The average Bonchev–Trinajstić information content (AvgIpc) is 1.98. The van der Waals surface area contributed by atoms with Crippen molar-refractivity contribution in [3.05, 3.63) is 24.3 Å². The van der Waals surface area contributed by atoms with Crippen LogP contribution in [0.4, 0.5) is 5.69 Å². The molecule has 0 aromatic heterocycles. The first-order valence-electron chi connectivity index (χ1n) is 3.95. The highest BCUT2D eigenvalue weighted by atomic mass is 32.3. The predicted molar refractivity (Wildman–Crippen MR) is 56.6 cm³/mol. The van der Waals surface area contributed by atoms with E-state index in [4.69, 9.17) is 22.6 Å². The molecule has 0 atom stereocenters. The molecule has 1 aromatic rings. The molecule has 1 rings (SSSR count). The van der Waals surface area contributed by atoms with Crippen molar-refractivity contribution in [2.24, 2.45) is 0 Å². The normalized spacial score (nSPS) is 9.94. The monoisotopic (exact) mass is 249 g/mol. The first-order chi connectivity index (χ1) is 7.18. The maximum absolute atomic E-state index is 10.5. The number of phenols is 1. The first-order valence-corrected chi connectivity index (χ1v) is 5.34. The van der Waals surface area contributed by atoms with Crippen LogP contribution in [0.1, 0.15) is 6.92 Å². The molecule has 0 aliphatic heterocycles. The van der Waals surface area contributed by atoms with E-state index in [2.05, 4.69) is 5.32 Å². The predicted octanol–water partition coefficient (Wildman–Crippen LogP) is 0.698. The highest BCUT2D eigenvalue weighted by Crippen LogP contribution is 2.14. The summed E-state index contributed by atoms with van der Waals surface area (Å²) in [4.78, 5) is 10.5. The molecule has 0 saturated heterocycles. The summed E-state index contributed by atoms with van der Waals surface area (Å²) in [7, 11) is -4.67. The summed E-state index contributed by atoms with van der Waals surface area (Å²) in [5.74, 6) is 0.00634. The van der Waals surface area contributed by atoms with Crippen LogP contribution in [0, 0.1) is 0 Å². The number of amides is 1. The zero-order valence-electron chi connectivity index (χ0n) is 8.28. The molecule has 1 aromatic carbocycles. The Morgan fingerprint density at radius 1 is 1.31 bits per heavy atom. The second-order valence-corrected chi connectivity index (χ2v) is 3.58. The van der Waals surface area contributed by atoms with Crippen LogP contribution in [0.25, 0.3) is 0 Å². The summed E-state index contributed by atoms with van der Waals surface area (Å²) < 4.78 is 31.6. The first kappa shape index (κ1) is 14.4. The van der Waals surface area contributed by atoms with Crippen molar-refractivity contribution in [3.8, 4) is 5.75 Å². The van der Waals surface area contributed by atoms with Crippen LogP contribution in [-0.2, 0) is 15.2 Å². The molecule has 0 aliphatic rings. The van der Waals surface area contributed by atoms with E-state index in [0.717, 1.165) is 0 Å². The summed E-state index contributed by atoms with van der Waals surface area (Å²) in [6.07, 6.45) is 0. The molecule has 0 unspecified atom stereocenters. The lowest BCUT2D eigenvalue weighted by Gasteiger charge is -2.00. The Balaban J connectivity index is 0.000000385. The fraction of sp³-hybridized carbons (Fsp3) is 0.125. The van der Waals surface area contributed by atoms with Gasteiger partial charge in [0, 0.05) is 18.7 Å². The van der Waals surface area contributed by atoms with Gasteiger partial charge in [0.25, 0.3) is 0 Å². The summed E-state index contributed by atoms with van der Waals surface area (Å²) in [6.45, 7) is 1.42. The van der Waals surface area contributed by atoms with E-state index in [9.17, 15) is 4.79 Å². The highest BCUT2D eigenvalue weighted by molar-refractivity contribution is 7.79. The largest absolute Gasteiger partial charge is 0.508 e. The van der Waals surface area contributed by atoms with Crippen LogP contribution < -0.4 is 5.32 Å². The zero-order chi connectivity index (χ0) is 12.8. The van der Waals surface area contributed by atoms with Gasteiger partial charge in [-0.05, 0) is 12.1 Å². The molecule has 16 heavy (non-hydrogen) atoms. The molecule has 4 N–H and O–H groups in total. The second-order valence-electron chi connectivity index (χ2n) is 2.68. The molecule has 0 aliphatic carbocycles. The summed E-state index contributed by atoms with van der Waals surface area (Å²) in [5.41, 5.74) is 0.609. The Labute approximate surface area is 92.3 Å². The van der Waals surface area contributed by atoms with Crippen LogP contribution in [0.15, 0.2) is 24.3 Å². The summed E-state index contributed by atoms with van der Waals surface area (Å²) >= 11 is 0. The molecule has 0 radical (unpaired) electrons. The lowest BCUT2D eigenvalue weighted by molar-refractivity contribution is -0.114. The van der Waals surface area contributed by atoms with Gasteiger partial charge in [-0.2, -0.15) is 8.42 Å². The maximum Gasteiger partial charge on any atom is 0.394 e. The number of benzene rings is 1. The Hall–Kier alpha value is -1.64. The molecule has 0 heterocycles. The molecule has 90 valence electrons. The molecule has 7 nitrogen and oxygen atoms in total. The minimum atomic E-state index is -4.67. The van der Waals surface area contributed by atoms with Crippen molar-refractivity contribution in [1.82, 2.24) is 0 Å². The third-order valence-electron chi connectivity index (χ3n) is 1.17. The topological polar surface area (TPSA) is 124 Å². The van der Waals surface area contributed by atoms with E-state index in [1.54, 1.807) is 18.2 Å². The van der Waals surface area contributed by atoms with Crippen molar-refractivity contribution >= 4 is 22.0 Å². The van der Waals surface area contributed by atoms with Gasteiger partial charge in [0.05, 0.1) is 0 Å². The quantitative estimate of drug-likeness (QED) is 0.543. The highest BCUT2D eigenvalue weighted by Gasteiger charge is 1.94. The number of nitrogens with one attached hydrogen (secondary N) is 1. The zero-order valence-corrected chi connectivity index (χ0v) is 9.10. The van der Waals surface area contributed by atoms with Gasteiger partial charge in [0.15, 0.2) is 0 Å². The summed E-state index contributed by atoms with van der Waals surface area (Å²) in [5, 5.41) is 11.5. The number of anilines is 1. The molecule has 0 spiro atoms. The van der Waals surface area contributed by atoms with E-state index in [1.807, 2.05) is 0 Å². The van der Waals surface area contributed by atoms with Gasteiger partial charge < -0.3 is 10.4 Å². The van der Waals surface area contributed by atoms with Gasteiger partial charge in [-0.1, -0.05) is 6.07 Å². The lowest BCUT2D eigenvalue weighted by Crippen LogP contribution is -2.04. The Bertz CT molecular complexity index is 447. The average molecular weight is 249 g/mol. The van der Waals surface area contributed by atoms with Crippen LogP contribution >= 0.6 is 0 Å². The van der Waals surface area contributed by atoms with E-state index in [1.165, 1.54) is 13.0 Å². The summed E-state index contributed by atoms with van der Waals surface area (Å²) in [6, 6.07) is 6.41. The van der Waals surface area contributed by atoms with Crippen molar-refractivity contribution in [3.63, 3.8) is 0 Å². The van der Waals surface area contributed by atoms with Crippen LogP contribution in [-0.4, -0.2) is 28.5 Å². The number of phenolic OH excluding ortho intramolecular Hbond substituents is 1. The second kappa shape index (κ2) is 6.05. The van der Waals surface area contributed by atoms with Crippen molar-refractivity contribution in [2.75, 3.05) is 5.32 Å². The van der Waals surface area contributed by atoms with Gasteiger partial charge >= 0.3 is 10.4 Å². The Morgan fingerprint density at radius 3 is 2.19 bits per heavy atom. The fourth-order valence-corrected chi connectivity index (χ4v) is 0.787. The van der Waals surface area contributed by atoms with Gasteiger partial charge in [-0.15, -0.1) is 0 Å². The van der Waals surface area contributed by atoms with Crippen LogP contribution in [0.2, 0.25) is 0 Å². The molecule has 0 fully saturated rings. The molecular formula is C8H11NO6S. The van der Waals surface area contributed by atoms with Crippen LogP contribution in [0.5, 0.6) is 5.75 Å². The minimum absolute atomic E-state index is 0.143. The maximum atomic E-state index is 10.5. The number of hydrogen-bond donors (Lipinski definition) is 4. The van der Waals surface area contributed by atoms with E-state index in [0.29, 0.717) is 5.69 Å². The van der Waals surface area contributed by atoms with Gasteiger partial charge in [0.2, 0.25) is 5.91 Å².